The number of aliphatic imine (C=N–C) groups is 1. The van der Waals surface area contributed by atoms with Crippen molar-refractivity contribution in [1.82, 2.24) is 19.1 Å². The molecule has 2 unspecified atom stereocenters. The molecule has 2 aliphatic heterocycles. The third-order valence-corrected chi connectivity index (χ3v) is 5.81. The molecule has 27 heavy (non-hydrogen) atoms. The van der Waals surface area contributed by atoms with E-state index >= 15 is 0 Å². The molecule has 0 saturated heterocycles. The van der Waals surface area contributed by atoms with Crippen LogP contribution in [0.3, 0.4) is 0 Å². The minimum absolute atomic E-state index is 0.106. The minimum Gasteiger partial charge on any atom is -0.272 e. The molecule has 7 rings (SSSR count). The van der Waals surface area contributed by atoms with E-state index < -0.39 is 0 Å². The first-order valence-corrected chi connectivity index (χ1v) is 9.38. The molecule has 0 N–H and O–H groups in total. The van der Waals surface area contributed by atoms with Gasteiger partial charge in [0.1, 0.15) is 0 Å². The van der Waals surface area contributed by atoms with Crippen molar-refractivity contribution in [2.75, 3.05) is 4.90 Å². The second-order valence-corrected chi connectivity index (χ2v) is 7.31. The lowest BCUT2D eigenvalue weighted by molar-refractivity contribution is 0.712. The van der Waals surface area contributed by atoms with E-state index in [1.165, 1.54) is 0 Å². The highest BCUT2D eigenvalue weighted by Gasteiger charge is 2.44. The first-order chi connectivity index (χ1) is 13.4. The number of allylic oxidation sites excluding steroid dienone is 3. The monoisotopic (exact) mass is 352 g/mol. The second kappa shape index (κ2) is 4.65. The molecule has 0 amide bonds. The maximum Gasteiger partial charge on any atom is 0.225 e. The van der Waals surface area contributed by atoms with Crippen molar-refractivity contribution in [3.8, 4) is 5.95 Å². The van der Waals surface area contributed by atoms with E-state index in [0.717, 1.165) is 53.1 Å². The van der Waals surface area contributed by atoms with Gasteiger partial charge in [0, 0.05) is 0 Å². The number of nitrogens with zero attached hydrogens (tertiary/aromatic N) is 6. The number of imidazole rings is 2. The van der Waals surface area contributed by atoms with Gasteiger partial charge >= 0.3 is 0 Å². The van der Waals surface area contributed by atoms with E-state index in [0.29, 0.717) is 0 Å². The first kappa shape index (κ1) is 13.7. The van der Waals surface area contributed by atoms with Crippen LogP contribution in [-0.4, -0.2) is 37.1 Å². The molecule has 0 radical (unpaired) electrons. The topological polar surface area (TPSA) is 51.2 Å². The molecule has 0 saturated carbocycles. The minimum atomic E-state index is 0.106. The van der Waals surface area contributed by atoms with E-state index in [1.807, 2.05) is 6.07 Å². The van der Waals surface area contributed by atoms with Crippen molar-refractivity contribution < 1.29 is 0 Å². The molecule has 4 heterocycles. The summed E-state index contributed by atoms with van der Waals surface area (Å²) < 4.78 is 4.40. The zero-order valence-electron chi connectivity index (χ0n) is 14.5. The van der Waals surface area contributed by atoms with Crippen LogP contribution < -0.4 is 4.90 Å². The molecule has 1 aromatic carbocycles. The quantitative estimate of drug-likeness (QED) is 0.625. The zero-order chi connectivity index (χ0) is 17.5. The van der Waals surface area contributed by atoms with E-state index in [9.17, 15) is 0 Å². The fraction of sp³-hybridized carbons (Fsp3) is 0.190. The highest BCUT2D eigenvalue weighted by Crippen LogP contribution is 2.39. The Kier molecular flexibility index (Phi) is 2.37. The molecule has 6 nitrogen and oxygen atoms in total. The lowest BCUT2D eigenvalue weighted by atomic mass is 10.0. The summed E-state index contributed by atoms with van der Waals surface area (Å²) in [5.74, 6) is 2.73. The van der Waals surface area contributed by atoms with Gasteiger partial charge in [-0.3, -0.25) is 4.90 Å². The summed E-state index contributed by atoms with van der Waals surface area (Å²) in [5.41, 5.74) is 4.35. The van der Waals surface area contributed by atoms with E-state index in [-0.39, 0.29) is 12.1 Å². The second-order valence-electron chi connectivity index (χ2n) is 7.31. The molecule has 2 atom stereocenters. The third kappa shape index (κ3) is 1.59. The van der Waals surface area contributed by atoms with Crippen LogP contribution in [0.25, 0.3) is 23.1 Å². The predicted octanol–water partition coefficient (Wildman–Crippen LogP) is 3.08. The summed E-state index contributed by atoms with van der Waals surface area (Å²) in [6.07, 6.45) is 15.0. The Bertz CT molecular complexity index is 1250. The average Bonchev–Trinajstić information content (AvgIpc) is 3.38. The molecule has 6 heteroatoms. The zero-order valence-corrected chi connectivity index (χ0v) is 14.5. The van der Waals surface area contributed by atoms with Gasteiger partial charge in [-0.15, -0.1) is 0 Å². The number of benzene rings is 1. The molecule has 4 aliphatic rings. The van der Waals surface area contributed by atoms with Crippen molar-refractivity contribution in [3.05, 3.63) is 66.0 Å². The number of anilines is 1. The maximum absolute atomic E-state index is 5.06. The van der Waals surface area contributed by atoms with Crippen LogP contribution in [-0.2, 0) is 6.42 Å². The third-order valence-electron chi connectivity index (χ3n) is 5.81. The SMILES string of the molecule is C1=CC2N=C3N(c4nc5ccccc5n4-c4nc5c(n43)C=CCC5)C2C=C1. The van der Waals surface area contributed by atoms with Gasteiger partial charge in [-0.05, 0) is 31.1 Å². The summed E-state index contributed by atoms with van der Waals surface area (Å²) in [4.78, 5) is 17.3. The summed E-state index contributed by atoms with van der Waals surface area (Å²) in [5, 5.41) is 0. The van der Waals surface area contributed by atoms with Gasteiger partial charge in [0.15, 0.2) is 0 Å². The van der Waals surface area contributed by atoms with Crippen molar-refractivity contribution in [2.45, 2.75) is 24.9 Å². The van der Waals surface area contributed by atoms with Crippen molar-refractivity contribution in [3.63, 3.8) is 0 Å². The molecule has 130 valence electrons. The lowest BCUT2D eigenvalue weighted by Crippen LogP contribution is -2.46. The van der Waals surface area contributed by atoms with Crippen LogP contribution in [0.5, 0.6) is 0 Å². The summed E-state index contributed by atoms with van der Waals surface area (Å²) >= 11 is 0. The summed E-state index contributed by atoms with van der Waals surface area (Å²) in [6, 6.07) is 8.53. The normalized spacial score (nSPS) is 23.7. The standard InChI is InChI=1S/C21H16N6/c1-4-10-16-13(7-1)22-19-25(16)20-23-15-9-3-6-12-18(15)27(20)21-24-14-8-2-5-11-17(14)26(19)21/h1-2,4-8,10-12,14,17H,3,9H2. The summed E-state index contributed by atoms with van der Waals surface area (Å²) in [6.45, 7) is 0. The average molecular weight is 352 g/mol. The largest absolute Gasteiger partial charge is 0.272 e. The Morgan fingerprint density at radius 1 is 0.963 bits per heavy atom. The Morgan fingerprint density at radius 3 is 2.89 bits per heavy atom. The number of para-hydroxylation sites is 2. The molecular weight excluding hydrogens is 336 g/mol. The lowest BCUT2D eigenvalue weighted by Gasteiger charge is -2.32. The van der Waals surface area contributed by atoms with E-state index in [1.54, 1.807) is 0 Å². The fourth-order valence-corrected chi connectivity index (χ4v) is 4.61. The van der Waals surface area contributed by atoms with Crippen molar-refractivity contribution in [1.29, 1.82) is 0 Å². The van der Waals surface area contributed by atoms with Gasteiger partial charge in [-0.2, -0.15) is 0 Å². The van der Waals surface area contributed by atoms with Crippen LogP contribution in [0.1, 0.15) is 17.8 Å². The molecule has 0 fully saturated rings. The number of aromatic nitrogens is 4. The molecule has 2 aromatic heterocycles. The van der Waals surface area contributed by atoms with E-state index in [4.69, 9.17) is 15.0 Å². The first-order valence-electron chi connectivity index (χ1n) is 9.38. The van der Waals surface area contributed by atoms with E-state index in [2.05, 4.69) is 68.7 Å². The molecule has 0 spiro atoms. The van der Waals surface area contributed by atoms with Crippen LogP contribution in [0.4, 0.5) is 5.95 Å². The van der Waals surface area contributed by atoms with Gasteiger partial charge in [0.25, 0.3) is 0 Å². The van der Waals surface area contributed by atoms with Crippen LogP contribution in [0, 0.1) is 0 Å². The number of fused-ring (bicyclic) bond motifs is 12. The van der Waals surface area contributed by atoms with Crippen molar-refractivity contribution in [2.24, 2.45) is 4.99 Å². The maximum atomic E-state index is 5.06. The highest BCUT2D eigenvalue weighted by atomic mass is 15.5. The molecule has 3 aromatic rings. The predicted molar refractivity (Wildman–Crippen MR) is 105 cm³/mol. The Morgan fingerprint density at radius 2 is 1.89 bits per heavy atom. The van der Waals surface area contributed by atoms with Gasteiger partial charge in [-0.1, -0.05) is 42.5 Å². The number of aryl methyl sites for hydroxylation is 1. The Labute approximate surface area is 155 Å². The molecule has 0 bridgehead atoms. The molecule has 2 aliphatic carbocycles. The molecular formula is C21H16N6. The van der Waals surface area contributed by atoms with Crippen LogP contribution in [0.2, 0.25) is 0 Å². The van der Waals surface area contributed by atoms with Crippen LogP contribution in [0.15, 0.2) is 59.6 Å². The Hall–Kier alpha value is -3.41. The van der Waals surface area contributed by atoms with Crippen LogP contribution >= 0.6 is 0 Å². The number of rotatable bonds is 0. The van der Waals surface area contributed by atoms with Gasteiger partial charge in [0.2, 0.25) is 17.9 Å². The highest BCUT2D eigenvalue weighted by molar-refractivity contribution is 6.05. The van der Waals surface area contributed by atoms with Gasteiger partial charge in [0.05, 0.1) is 34.5 Å². The van der Waals surface area contributed by atoms with Crippen molar-refractivity contribution >= 4 is 29.0 Å². The van der Waals surface area contributed by atoms with Gasteiger partial charge < -0.3 is 0 Å². The smallest absolute Gasteiger partial charge is 0.225 e. The number of hydrogen-bond acceptors (Lipinski definition) is 4. The number of hydrogen-bond donors (Lipinski definition) is 0. The fourth-order valence-electron chi connectivity index (χ4n) is 4.61. The Balaban J connectivity index is 1.62. The van der Waals surface area contributed by atoms with Gasteiger partial charge in [-0.25, -0.2) is 24.1 Å². The summed E-state index contributed by atoms with van der Waals surface area (Å²) in [7, 11) is 0.